The van der Waals surface area contributed by atoms with Gasteiger partial charge in [-0.25, -0.2) is 0 Å². The largest absolute Gasteiger partial charge is 0.491 e. The van der Waals surface area contributed by atoms with Crippen molar-refractivity contribution in [1.82, 2.24) is 0 Å². The minimum atomic E-state index is 0.163. The molecular formula is C8H10Cl2O. The van der Waals surface area contributed by atoms with E-state index in [1.54, 1.807) is 0 Å². The highest BCUT2D eigenvalue weighted by Crippen LogP contribution is 2.15. The van der Waals surface area contributed by atoms with Crippen LogP contribution in [-0.2, 0) is 4.74 Å². The van der Waals surface area contributed by atoms with Gasteiger partial charge < -0.3 is 4.74 Å². The zero-order valence-electron chi connectivity index (χ0n) is 6.09. The lowest BCUT2D eigenvalue weighted by Crippen LogP contribution is -2.08. The summed E-state index contributed by atoms with van der Waals surface area (Å²) in [5, 5.41) is 0. The van der Waals surface area contributed by atoms with Crippen LogP contribution in [0.1, 0.15) is 19.3 Å². The van der Waals surface area contributed by atoms with Gasteiger partial charge in [-0.2, -0.15) is 0 Å². The van der Waals surface area contributed by atoms with Crippen molar-refractivity contribution in [3.63, 3.8) is 0 Å². The summed E-state index contributed by atoms with van der Waals surface area (Å²) in [4.78, 5) is 0. The minimum absolute atomic E-state index is 0.163. The van der Waals surface area contributed by atoms with Crippen LogP contribution in [0.3, 0.4) is 0 Å². The number of hydrogen-bond donors (Lipinski definition) is 0. The highest BCUT2D eigenvalue weighted by molar-refractivity contribution is 6.55. The standard InChI is InChI=1S/C8H10Cl2O/c9-8(10)6-11-7-4-2-1-3-5-7/h2,4,6-7H,1,3,5H2. The molecule has 0 radical (unpaired) electrons. The van der Waals surface area contributed by atoms with E-state index in [0.29, 0.717) is 0 Å². The van der Waals surface area contributed by atoms with Crippen molar-refractivity contribution < 1.29 is 4.74 Å². The predicted octanol–water partition coefficient (Wildman–Crippen LogP) is 3.39. The number of ether oxygens (including phenoxy) is 1. The van der Waals surface area contributed by atoms with E-state index in [1.807, 2.05) is 6.08 Å². The molecule has 0 bridgehead atoms. The molecule has 1 rings (SSSR count). The van der Waals surface area contributed by atoms with Crippen LogP contribution in [0.15, 0.2) is 22.9 Å². The van der Waals surface area contributed by atoms with E-state index >= 15 is 0 Å². The molecule has 0 aromatic rings. The van der Waals surface area contributed by atoms with Crippen molar-refractivity contribution >= 4 is 23.2 Å². The predicted molar refractivity (Wildman–Crippen MR) is 47.7 cm³/mol. The molecule has 0 fully saturated rings. The second kappa shape index (κ2) is 4.68. The van der Waals surface area contributed by atoms with Gasteiger partial charge in [-0.15, -0.1) is 0 Å². The molecule has 3 heteroatoms. The number of hydrogen-bond acceptors (Lipinski definition) is 1. The highest BCUT2D eigenvalue weighted by Gasteiger charge is 2.06. The molecule has 62 valence electrons. The van der Waals surface area contributed by atoms with Crippen molar-refractivity contribution in [2.24, 2.45) is 0 Å². The third-order valence-electron chi connectivity index (χ3n) is 1.54. The summed E-state index contributed by atoms with van der Waals surface area (Å²) in [6, 6.07) is 0. The van der Waals surface area contributed by atoms with Gasteiger partial charge in [0.05, 0.1) is 0 Å². The van der Waals surface area contributed by atoms with Gasteiger partial charge in [0.25, 0.3) is 0 Å². The fourth-order valence-electron chi connectivity index (χ4n) is 1.03. The summed E-state index contributed by atoms with van der Waals surface area (Å²) in [6.45, 7) is 0. The molecule has 0 spiro atoms. The monoisotopic (exact) mass is 192 g/mol. The molecule has 0 aromatic heterocycles. The molecule has 11 heavy (non-hydrogen) atoms. The molecule has 1 unspecified atom stereocenters. The van der Waals surface area contributed by atoms with Crippen LogP contribution in [0.4, 0.5) is 0 Å². The van der Waals surface area contributed by atoms with Crippen molar-refractivity contribution in [3.8, 4) is 0 Å². The SMILES string of the molecule is ClC(Cl)=COC1C=CCCC1. The van der Waals surface area contributed by atoms with Gasteiger partial charge in [-0.05, 0) is 25.3 Å². The zero-order chi connectivity index (χ0) is 8.10. The van der Waals surface area contributed by atoms with Crippen LogP contribution in [0, 0.1) is 0 Å². The fraction of sp³-hybridized carbons (Fsp3) is 0.500. The maximum atomic E-state index is 5.37. The molecule has 0 saturated carbocycles. The molecule has 0 aromatic carbocycles. The first-order valence-electron chi connectivity index (χ1n) is 3.62. The summed E-state index contributed by atoms with van der Waals surface area (Å²) >= 11 is 10.7. The lowest BCUT2D eigenvalue weighted by Gasteiger charge is -2.15. The topological polar surface area (TPSA) is 9.23 Å². The van der Waals surface area contributed by atoms with Gasteiger partial charge in [0.1, 0.15) is 16.9 Å². The molecule has 0 amide bonds. The average Bonchev–Trinajstić information content (AvgIpc) is 2.03. The Morgan fingerprint density at radius 2 is 2.36 bits per heavy atom. The Labute approximate surface area is 76.6 Å². The minimum Gasteiger partial charge on any atom is -0.491 e. The Morgan fingerprint density at radius 3 is 2.91 bits per heavy atom. The Morgan fingerprint density at radius 1 is 1.55 bits per heavy atom. The van der Waals surface area contributed by atoms with E-state index in [-0.39, 0.29) is 10.6 Å². The lowest BCUT2D eigenvalue weighted by atomic mass is 10.1. The fourth-order valence-corrected chi connectivity index (χ4v) is 1.14. The van der Waals surface area contributed by atoms with Crippen molar-refractivity contribution in [2.75, 3.05) is 0 Å². The highest BCUT2D eigenvalue weighted by atomic mass is 35.5. The number of allylic oxidation sites excluding steroid dienone is 1. The molecular weight excluding hydrogens is 183 g/mol. The van der Waals surface area contributed by atoms with Crippen LogP contribution in [0.25, 0.3) is 0 Å². The molecule has 1 aliphatic rings. The first kappa shape index (κ1) is 8.95. The second-order valence-corrected chi connectivity index (χ2v) is 3.45. The maximum Gasteiger partial charge on any atom is 0.141 e. The first-order chi connectivity index (χ1) is 5.29. The normalized spacial score (nSPS) is 22.9. The quantitative estimate of drug-likeness (QED) is 0.482. The van der Waals surface area contributed by atoms with E-state index in [9.17, 15) is 0 Å². The van der Waals surface area contributed by atoms with Crippen LogP contribution in [0.5, 0.6) is 0 Å². The van der Waals surface area contributed by atoms with Gasteiger partial charge in [0.15, 0.2) is 0 Å². The van der Waals surface area contributed by atoms with Gasteiger partial charge in [0, 0.05) is 0 Å². The van der Waals surface area contributed by atoms with Gasteiger partial charge in [0.2, 0.25) is 0 Å². The molecule has 1 nitrogen and oxygen atoms in total. The molecule has 1 aliphatic carbocycles. The van der Waals surface area contributed by atoms with Crippen LogP contribution in [0.2, 0.25) is 0 Å². The average molecular weight is 193 g/mol. The summed E-state index contributed by atoms with van der Waals surface area (Å²) in [5.41, 5.74) is 0. The van der Waals surface area contributed by atoms with Crippen molar-refractivity contribution in [2.45, 2.75) is 25.4 Å². The summed E-state index contributed by atoms with van der Waals surface area (Å²) in [5.74, 6) is 0. The van der Waals surface area contributed by atoms with Crippen LogP contribution >= 0.6 is 23.2 Å². The van der Waals surface area contributed by atoms with Gasteiger partial charge in [-0.3, -0.25) is 0 Å². The first-order valence-corrected chi connectivity index (χ1v) is 4.38. The van der Waals surface area contributed by atoms with E-state index in [4.69, 9.17) is 27.9 Å². The van der Waals surface area contributed by atoms with Gasteiger partial charge in [-0.1, -0.05) is 29.3 Å². The maximum absolute atomic E-state index is 5.37. The third-order valence-corrected chi connectivity index (χ3v) is 1.72. The van der Waals surface area contributed by atoms with Crippen LogP contribution in [-0.4, -0.2) is 6.10 Å². The molecule has 0 aliphatic heterocycles. The Bertz CT molecular complexity index is 171. The lowest BCUT2D eigenvalue weighted by molar-refractivity contribution is 0.171. The van der Waals surface area contributed by atoms with Crippen LogP contribution < -0.4 is 0 Å². The Kier molecular flexibility index (Phi) is 3.81. The Hall–Kier alpha value is -0.140. The van der Waals surface area contributed by atoms with Gasteiger partial charge >= 0.3 is 0 Å². The number of rotatable bonds is 2. The number of halogens is 2. The second-order valence-electron chi connectivity index (χ2n) is 2.44. The molecule has 0 N–H and O–H groups in total. The third kappa shape index (κ3) is 3.68. The zero-order valence-corrected chi connectivity index (χ0v) is 7.61. The van der Waals surface area contributed by atoms with Crippen molar-refractivity contribution in [1.29, 1.82) is 0 Å². The Balaban J connectivity index is 2.31. The van der Waals surface area contributed by atoms with Crippen molar-refractivity contribution in [3.05, 3.63) is 22.9 Å². The summed E-state index contributed by atoms with van der Waals surface area (Å²) < 4.78 is 5.40. The smallest absolute Gasteiger partial charge is 0.141 e. The molecule has 0 heterocycles. The molecule has 1 atom stereocenters. The molecule has 0 saturated heterocycles. The summed E-state index contributed by atoms with van der Waals surface area (Å²) in [7, 11) is 0. The van der Waals surface area contributed by atoms with E-state index < -0.39 is 0 Å². The summed E-state index contributed by atoms with van der Waals surface area (Å²) in [6.07, 6.45) is 9.07. The van der Waals surface area contributed by atoms with E-state index in [1.165, 1.54) is 12.7 Å². The van der Waals surface area contributed by atoms with E-state index in [0.717, 1.165) is 12.8 Å². The van der Waals surface area contributed by atoms with E-state index in [2.05, 4.69) is 6.08 Å².